The van der Waals surface area contributed by atoms with Gasteiger partial charge in [-0.05, 0) is 67.7 Å². The molecule has 0 radical (unpaired) electrons. The zero-order valence-electron chi connectivity index (χ0n) is 25.0. The number of primary amides is 1. The third-order valence-corrected chi connectivity index (χ3v) is 8.33. The number of urea groups is 1. The number of aromatic amines is 1. The van der Waals surface area contributed by atoms with Gasteiger partial charge in [0.25, 0.3) is 5.91 Å². The second kappa shape index (κ2) is 13.1. The van der Waals surface area contributed by atoms with Gasteiger partial charge in [0.2, 0.25) is 5.91 Å². The van der Waals surface area contributed by atoms with Crippen molar-refractivity contribution >= 4 is 34.4 Å². The number of carbonyl (C=O) groups excluding carboxylic acids is 3. The van der Waals surface area contributed by atoms with Crippen molar-refractivity contribution < 1.29 is 14.4 Å². The molecule has 1 aliphatic heterocycles. The van der Waals surface area contributed by atoms with Gasteiger partial charge < -0.3 is 31.2 Å². The predicted molar refractivity (Wildman–Crippen MR) is 170 cm³/mol. The van der Waals surface area contributed by atoms with E-state index in [0.29, 0.717) is 31.2 Å². The Kier molecular flexibility index (Phi) is 9.11. The van der Waals surface area contributed by atoms with Crippen LogP contribution in [-0.4, -0.2) is 65.9 Å². The summed E-state index contributed by atoms with van der Waals surface area (Å²) in [4.78, 5) is 47.0. The molecule has 43 heavy (non-hydrogen) atoms. The van der Waals surface area contributed by atoms with E-state index in [1.54, 1.807) is 17.0 Å². The minimum Gasteiger partial charge on any atom is -0.366 e. The first-order chi connectivity index (χ1) is 20.7. The largest absolute Gasteiger partial charge is 0.366 e. The van der Waals surface area contributed by atoms with E-state index in [1.807, 2.05) is 80.6 Å². The quantitative estimate of drug-likeness (QED) is 0.222. The molecule has 2 heterocycles. The van der Waals surface area contributed by atoms with Crippen molar-refractivity contribution in [3.8, 4) is 0 Å². The van der Waals surface area contributed by atoms with Crippen LogP contribution in [0.2, 0.25) is 0 Å². The number of piperidine rings is 1. The van der Waals surface area contributed by atoms with Crippen molar-refractivity contribution in [2.75, 3.05) is 32.5 Å². The van der Waals surface area contributed by atoms with Crippen molar-refractivity contribution in [2.24, 2.45) is 5.73 Å². The van der Waals surface area contributed by atoms with Crippen LogP contribution in [0.3, 0.4) is 0 Å². The topological polar surface area (TPSA) is 124 Å². The Balaban J connectivity index is 1.39. The van der Waals surface area contributed by atoms with Gasteiger partial charge in [-0.1, -0.05) is 61.5 Å². The van der Waals surface area contributed by atoms with Gasteiger partial charge in [0, 0.05) is 42.7 Å². The molecule has 1 aromatic heterocycles. The normalized spacial score (nSPS) is 15.3. The summed E-state index contributed by atoms with van der Waals surface area (Å²) in [5, 5.41) is 6.96. The molecule has 1 saturated heterocycles. The number of likely N-dealkylation sites (tertiary alicyclic amines) is 1. The molecule has 9 heteroatoms. The number of benzene rings is 3. The summed E-state index contributed by atoms with van der Waals surface area (Å²) in [5.74, 6) is -1.05. The van der Waals surface area contributed by atoms with Gasteiger partial charge in [-0.3, -0.25) is 9.59 Å². The number of nitrogens with zero attached hydrogens (tertiary/aromatic N) is 2. The van der Waals surface area contributed by atoms with Crippen molar-refractivity contribution in [3.63, 3.8) is 0 Å². The zero-order chi connectivity index (χ0) is 30.5. The highest BCUT2D eigenvalue weighted by atomic mass is 16.2. The molecule has 5 rings (SSSR count). The lowest BCUT2D eigenvalue weighted by Crippen LogP contribution is -2.53. The number of amides is 4. The van der Waals surface area contributed by atoms with Crippen LogP contribution in [0.4, 0.5) is 10.5 Å². The average molecular weight is 581 g/mol. The van der Waals surface area contributed by atoms with Crippen LogP contribution in [0.15, 0.2) is 79.0 Å². The minimum atomic E-state index is -0.920. The van der Waals surface area contributed by atoms with Gasteiger partial charge in [-0.25, -0.2) is 4.79 Å². The van der Waals surface area contributed by atoms with Gasteiger partial charge in [0.05, 0.1) is 11.3 Å². The van der Waals surface area contributed by atoms with Gasteiger partial charge >= 0.3 is 6.03 Å². The van der Waals surface area contributed by atoms with Crippen molar-refractivity contribution in [1.29, 1.82) is 0 Å². The standard InChI is InChI=1S/C34H40N6O3/c1-22(28-20-36-29-12-8-7-11-26(28)29)31(33(42)37-30-19-23(21-39(2)3)13-14-27(30)32(35)41)38-34(43)40-17-15-25(16-18-40)24-9-5-4-6-10-24/h4-14,19-20,22,25,31,36H,15-18,21H2,1-3H3,(H2,35,41)(H,37,42)(H,38,43)/t22-,31-/m1/s1. The maximum absolute atomic E-state index is 14.0. The van der Waals surface area contributed by atoms with Crippen LogP contribution in [0.5, 0.6) is 0 Å². The minimum absolute atomic E-state index is 0.212. The molecule has 0 saturated carbocycles. The first-order valence-corrected chi connectivity index (χ1v) is 14.8. The Labute approximate surface area is 252 Å². The molecule has 224 valence electrons. The highest BCUT2D eigenvalue weighted by Crippen LogP contribution is 2.31. The number of nitrogens with two attached hydrogens (primary N) is 1. The smallest absolute Gasteiger partial charge is 0.318 e. The van der Waals surface area contributed by atoms with Gasteiger partial charge in [-0.15, -0.1) is 0 Å². The molecule has 1 fully saturated rings. The lowest BCUT2D eigenvalue weighted by Gasteiger charge is -2.34. The van der Waals surface area contributed by atoms with E-state index in [4.69, 9.17) is 5.73 Å². The van der Waals surface area contributed by atoms with Crippen molar-refractivity contribution in [2.45, 2.75) is 44.2 Å². The molecule has 3 aromatic carbocycles. The van der Waals surface area contributed by atoms with Crippen molar-refractivity contribution in [3.05, 3.63) is 101 Å². The Hall–Kier alpha value is -4.63. The number of carbonyl (C=O) groups is 3. The van der Waals surface area contributed by atoms with E-state index in [-0.39, 0.29) is 17.5 Å². The monoisotopic (exact) mass is 580 g/mol. The fourth-order valence-electron chi connectivity index (χ4n) is 6.02. The Bertz CT molecular complexity index is 1590. The fraction of sp³-hybridized carbons (Fsp3) is 0.324. The summed E-state index contributed by atoms with van der Waals surface area (Å²) in [6.07, 6.45) is 3.60. The van der Waals surface area contributed by atoms with E-state index in [9.17, 15) is 14.4 Å². The summed E-state index contributed by atoms with van der Waals surface area (Å²) in [5.41, 5.74) is 10.3. The van der Waals surface area contributed by atoms with Crippen LogP contribution in [0, 0.1) is 0 Å². The molecule has 4 aromatic rings. The second-order valence-electron chi connectivity index (χ2n) is 11.6. The van der Waals surface area contributed by atoms with Crippen LogP contribution in [0.1, 0.15) is 58.6 Å². The van der Waals surface area contributed by atoms with Gasteiger partial charge in [0.1, 0.15) is 6.04 Å². The van der Waals surface area contributed by atoms with E-state index in [2.05, 4.69) is 27.8 Å². The molecule has 0 bridgehead atoms. The summed E-state index contributed by atoms with van der Waals surface area (Å²) in [6.45, 7) is 3.74. The van der Waals surface area contributed by atoms with Crippen molar-refractivity contribution in [1.82, 2.24) is 20.1 Å². The molecule has 0 unspecified atom stereocenters. The summed E-state index contributed by atoms with van der Waals surface area (Å²) in [6, 6.07) is 22.3. The van der Waals surface area contributed by atoms with Crippen LogP contribution >= 0.6 is 0 Å². The number of hydrogen-bond acceptors (Lipinski definition) is 4. The molecule has 1 aliphatic rings. The van der Waals surface area contributed by atoms with Gasteiger partial charge in [0.15, 0.2) is 0 Å². The summed E-state index contributed by atoms with van der Waals surface area (Å²) in [7, 11) is 3.88. The highest BCUT2D eigenvalue weighted by molar-refractivity contribution is 6.05. The number of anilines is 1. The van der Waals surface area contributed by atoms with E-state index in [0.717, 1.165) is 34.9 Å². The second-order valence-corrected chi connectivity index (χ2v) is 11.6. The Morgan fingerprint density at radius 1 is 1.00 bits per heavy atom. The van der Waals surface area contributed by atoms with Crippen LogP contribution in [0.25, 0.3) is 10.9 Å². The SMILES string of the molecule is C[C@H](c1c[nH]c2ccccc12)[C@@H](NC(=O)N1CCC(c2ccccc2)CC1)C(=O)Nc1cc(CN(C)C)ccc1C(N)=O. The molecular weight excluding hydrogens is 540 g/mol. The Morgan fingerprint density at radius 3 is 2.40 bits per heavy atom. The first-order valence-electron chi connectivity index (χ1n) is 14.8. The highest BCUT2D eigenvalue weighted by Gasteiger charge is 2.33. The maximum atomic E-state index is 14.0. The first kappa shape index (κ1) is 29.8. The number of hydrogen-bond donors (Lipinski definition) is 4. The molecule has 0 spiro atoms. The molecular formula is C34H40N6O3. The number of rotatable bonds is 9. The fourth-order valence-corrected chi connectivity index (χ4v) is 6.02. The molecule has 5 N–H and O–H groups in total. The van der Waals surface area contributed by atoms with E-state index >= 15 is 0 Å². The van der Waals surface area contributed by atoms with E-state index in [1.165, 1.54) is 5.56 Å². The van der Waals surface area contributed by atoms with Crippen LogP contribution < -0.4 is 16.4 Å². The summed E-state index contributed by atoms with van der Waals surface area (Å²) < 4.78 is 0. The molecule has 9 nitrogen and oxygen atoms in total. The molecule has 2 atom stereocenters. The number of aromatic nitrogens is 1. The van der Waals surface area contributed by atoms with Crippen LogP contribution in [-0.2, 0) is 11.3 Å². The lowest BCUT2D eigenvalue weighted by atomic mass is 9.89. The summed E-state index contributed by atoms with van der Waals surface area (Å²) >= 11 is 0. The molecule has 0 aliphatic carbocycles. The average Bonchev–Trinajstić information content (AvgIpc) is 3.44. The number of H-pyrrole nitrogens is 1. The third-order valence-electron chi connectivity index (χ3n) is 8.33. The zero-order valence-corrected chi connectivity index (χ0v) is 25.0. The number of fused-ring (bicyclic) bond motifs is 1. The number of para-hydroxylation sites is 1. The lowest BCUT2D eigenvalue weighted by molar-refractivity contribution is -0.118. The molecule has 4 amide bonds. The maximum Gasteiger partial charge on any atom is 0.318 e. The Morgan fingerprint density at radius 2 is 1.70 bits per heavy atom. The van der Waals surface area contributed by atoms with Gasteiger partial charge in [-0.2, -0.15) is 0 Å². The predicted octanol–water partition coefficient (Wildman–Crippen LogP) is 5.03. The third kappa shape index (κ3) is 6.89. The number of nitrogens with one attached hydrogen (secondary N) is 3. The van der Waals surface area contributed by atoms with E-state index < -0.39 is 17.9 Å².